The highest BCUT2D eigenvalue weighted by Gasteiger charge is 2.09. The third-order valence-electron chi connectivity index (χ3n) is 2.37. The second-order valence-electron chi connectivity index (χ2n) is 3.87. The second-order valence-corrected chi connectivity index (χ2v) is 4.86. The molecule has 7 heteroatoms. The second kappa shape index (κ2) is 7.75. The highest BCUT2D eigenvalue weighted by Crippen LogP contribution is 2.18. The molecule has 0 aromatic carbocycles. The molecule has 6 nitrogen and oxygen atoms in total. The smallest absolute Gasteiger partial charge is 0.276 e. The van der Waals surface area contributed by atoms with Crippen molar-refractivity contribution in [1.82, 2.24) is 4.98 Å². The van der Waals surface area contributed by atoms with E-state index in [0.717, 1.165) is 19.4 Å². The molecule has 0 saturated carbocycles. The van der Waals surface area contributed by atoms with Gasteiger partial charge in [0.1, 0.15) is 11.6 Å². The summed E-state index contributed by atoms with van der Waals surface area (Å²) in [6, 6.07) is 2.65. The Bertz CT molecular complexity index is 401. The fraction of sp³-hybridized carbons (Fsp3) is 0.545. The first kappa shape index (κ1) is 14.6. The summed E-state index contributed by atoms with van der Waals surface area (Å²) in [5, 5.41) is 13.7. The van der Waals surface area contributed by atoms with Crippen molar-refractivity contribution in [3.8, 4) is 0 Å². The number of nitrogen functional groups attached to an aromatic ring is 1. The van der Waals surface area contributed by atoms with Gasteiger partial charge < -0.3 is 11.1 Å². The van der Waals surface area contributed by atoms with Gasteiger partial charge in [-0.2, -0.15) is 11.8 Å². The third-order valence-corrected chi connectivity index (χ3v) is 3.07. The van der Waals surface area contributed by atoms with Crippen LogP contribution in [-0.4, -0.2) is 28.5 Å². The van der Waals surface area contributed by atoms with E-state index in [9.17, 15) is 10.1 Å². The summed E-state index contributed by atoms with van der Waals surface area (Å²) in [7, 11) is 0. The minimum atomic E-state index is -0.471. The lowest BCUT2D eigenvalue weighted by Gasteiger charge is -2.06. The topological polar surface area (TPSA) is 94.1 Å². The monoisotopic (exact) mass is 270 g/mol. The summed E-state index contributed by atoms with van der Waals surface area (Å²) in [5.41, 5.74) is 5.47. The van der Waals surface area contributed by atoms with Crippen molar-refractivity contribution in [3.63, 3.8) is 0 Å². The van der Waals surface area contributed by atoms with E-state index in [2.05, 4.69) is 16.6 Å². The quantitative estimate of drug-likeness (QED) is 0.428. The van der Waals surface area contributed by atoms with Crippen molar-refractivity contribution in [2.75, 3.05) is 29.6 Å². The third kappa shape index (κ3) is 5.22. The fourth-order valence-electron chi connectivity index (χ4n) is 1.50. The van der Waals surface area contributed by atoms with Gasteiger partial charge in [0.15, 0.2) is 0 Å². The molecule has 0 amide bonds. The Morgan fingerprint density at radius 3 is 2.89 bits per heavy atom. The zero-order valence-electron chi connectivity index (χ0n) is 10.4. The van der Waals surface area contributed by atoms with Crippen LogP contribution in [0, 0.1) is 10.1 Å². The van der Waals surface area contributed by atoms with Crippen molar-refractivity contribution in [3.05, 3.63) is 22.2 Å². The fourth-order valence-corrected chi connectivity index (χ4v) is 1.99. The molecule has 0 radical (unpaired) electrons. The first-order valence-electron chi connectivity index (χ1n) is 5.78. The molecule has 0 aliphatic heterocycles. The number of thioether (sulfide) groups is 1. The molecule has 1 aromatic rings. The summed E-state index contributed by atoms with van der Waals surface area (Å²) in [4.78, 5) is 14.2. The van der Waals surface area contributed by atoms with Crippen LogP contribution in [-0.2, 0) is 0 Å². The minimum Gasteiger partial charge on any atom is -0.383 e. The van der Waals surface area contributed by atoms with E-state index in [0.29, 0.717) is 5.82 Å². The summed E-state index contributed by atoms with van der Waals surface area (Å²) in [6.45, 7) is 0.752. The maximum absolute atomic E-state index is 10.6. The molecule has 0 bridgehead atoms. The van der Waals surface area contributed by atoms with Gasteiger partial charge in [-0.1, -0.05) is 6.42 Å². The number of aromatic nitrogens is 1. The first-order chi connectivity index (χ1) is 8.63. The molecule has 1 heterocycles. The molecule has 3 N–H and O–H groups in total. The van der Waals surface area contributed by atoms with E-state index in [1.54, 1.807) is 0 Å². The zero-order chi connectivity index (χ0) is 13.4. The summed E-state index contributed by atoms with van der Waals surface area (Å²) in [6.07, 6.45) is 5.44. The normalized spacial score (nSPS) is 10.3. The van der Waals surface area contributed by atoms with Crippen LogP contribution >= 0.6 is 11.8 Å². The lowest BCUT2D eigenvalue weighted by molar-refractivity contribution is -0.384. The predicted molar refractivity (Wildman–Crippen MR) is 76.0 cm³/mol. The molecule has 0 atom stereocenters. The summed E-state index contributed by atoms with van der Waals surface area (Å²) >= 11 is 1.84. The molecular weight excluding hydrogens is 252 g/mol. The van der Waals surface area contributed by atoms with Crippen molar-refractivity contribution in [1.29, 1.82) is 0 Å². The van der Waals surface area contributed by atoms with E-state index >= 15 is 0 Å². The Kier molecular flexibility index (Phi) is 6.27. The lowest BCUT2D eigenvalue weighted by atomic mass is 10.2. The number of anilines is 2. The van der Waals surface area contributed by atoms with E-state index in [4.69, 9.17) is 5.73 Å². The molecule has 0 fully saturated rings. The summed E-state index contributed by atoms with van der Waals surface area (Å²) in [5.74, 6) is 1.79. The first-order valence-corrected chi connectivity index (χ1v) is 7.17. The molecule has 100 valence electrons. The van der Waals surface area contributed by atoms with Gasteiger partial charge in [-0.15, -0.1) is 0 Å². The number of nitrogens with one attached hydrogen (secondary N) is 1. The van der Waals surface area contributed by atoms with Gasteiger partial charge in [0.05, 0.1) is 17.1 Å². The van der Waals surface area contributed by atoms with Crippen molar-refractivity contribution < 1.29 is 4.92 Å². The van der Waals surface area contributed by atoms with Gasteiger partial charge in [-0.25, -0.2) is 4.98 Å². The molecule has 0 spiro atoms. The highest BCUT2D eigenvalue weighted by molar-refractivity contribution is 7.98. The van der Waals surface area contributed by atoms with Crippen LogP contribution in [0.3, 0.4) is 0 Å². The van der Waals surface area contributed by atoms with Gasteiger partial charge in [0.2, 0.25) is 0 Å². The van der Waals surface area contributed by atoms with Gasteiger partial charge in [0, 0.05) is 6.54 Å². The molecule has 1 rings (SSSR count). The standard InChI is InChI=1S/C11H18N4O2S/c1-18-6-4-2-3-5-13-11-8-9(15(16)17)7-10(12)14-11/h7-8H,2-6H2,1H3,(H3,12,13,14). The Morgan fingerprint density at radius 2 is 2.22 bits per heavy atom. The number of hydrogen-bond donors (Lipinski definition) is 2. The number of rotatable bonds is 8. The molecule has 0 saturated heterocycles. The lowest BCUT2D eigenvalue weighted by Crippen LogP contribution is -2.05. The van der Waals surface area contributed by atoms with E-state index in [1.165, 1.54) is 24.3 Å². The number of unbranched alkanes of at least 4 members (excludes halogenated alkanes) is 2. The SMILES string of the molecule is CSCCCCCNc1cc([N+](=O)[O-])cc(N)n1. The molecule has 0 aliphatic rings. The largest absolute Gasteiger partial charge is 0.383 e. The maximum atomic E-state index is 10.6. The molecule has 0 unspecified atom stereocenters. The van der Waals surface area contributed by atoms with Crippen LogP contribution in [0.1, 0.15) is 19.3 Å². The molecule has 1 aromatic heterocycles. The Hall–Kier alpha value is -1.50. The van der Waals surface area contributed by atoms with Gasteiger partial charge in [-0.05, 0) is 24.9 Å². The van der Waals surface area contributed by atoms with E-state index < -0.39 is 4.92 Å². The summed E-state index contributed by atoms with van der Waals surface area (Å²) < 4.78 is 0. The van der Waals surface area contributed by atoms with Crippen molar-refractivity contribution in [2.24, 2.45) is 0 Å². The van der Waals surface area contributed by atoms with Crippen molar-refractivity contribution >= 4 is 29.1 Å². The van der Waals surface area contributed by atoms with Crippen LogP contribution in [0.15, 0.2) is 12.1 Å². The number of pyridine rings is 1. The van der Waals surface area contributed by atoms with Crippen LogP contribution in [0.2, 0.25) is 0 Å². The average molecular weight is 270 g/mol. The van der Waals surface area contributed by atoms with E-state index in [1.807, 2.05) is 11.8 Å². The Labute approximate surface area is 111 Å². The van der Waals surface area contributed by atoms with E-state index in [-0.39, 0.29) is 11.5 Å². The Morgan fingerprint density at radius 1 is 1.44 bits per heavy atom. The number of hydrogen-bond acceptors (Lipinski definition) is 6. The van der Waals surface area contributed by atoms with Crippen molar-refractivity contribution in [2.45, 2.75) is 19.3 Å². The molecular formula is C11H18N4O2S. The van der Waals surface area contributed by atoms with Crippen LogP contribution in [0.25, 0.3) is 0 Å². The number of nitrogens with zero attached hydrogens (tertiary/aromatic N) is 2. The van der Waals surface area contributed by atoms with Crippen LogP contribution in [0.5, 0.6) is 0 Å². The van der Waals surface area contributed by atoms with Crippen LogP contribution < -0.4 is 11.1 Å². The van der Waals surface area contributed by atoms with Crippen LogP contribution in [0.4, 0.5) is 17.3 Å². The average Bonchev–Trinajstić information content (AvgIpc) is 2.33. The predicted octanol–water partition coefficient (Wildman–Crippen LogP) is 2.52. The van der Waals surface area contributed by atoms with Gasteiger partial charge in [-0.3, -0.25) is 10.1 Å². The molecule has 18 heavy (non-hydrogen) atoms. The molecule has 0 aliphatic carbocycles. The minimum absolute atomic E-state index is 0.0348. The van der Waals surface area contributed by atoms with Gasteiger partial charge in [0.25, 0.3) is 5.69 Å². The zero-order valence-corrected chi connectivity index (χ0v) is 11.2. The Balaban J connectivity index is 2.40. The van der Waals surface area contributed by atoms with Gasteiger partial charge >= 0.3 is 0 Å². The highest BCUT2D eigenvalue weighted by atomic mass is 32.2. The maximum Gasteiger partial charge on any atom is 0.276 e. The number of nitro groups is 1. The number of nitrogens with two attached hydrogens (primary N) is 1.